The van der Waals surface area contributed by atoms with Gasteiger partial charge in [0.25, 0.3) is 0 Å². The van der Waals surface area contributed by atoms with Crippen molar-refractivity contribution >= 4 is 29.3 Å². The molecular weight excluding hydrogens is 422 g/mol. The van der Waals surface area contributed by atoms with Crippen molar-refractivity contribution in [2.45, 2.75) is 58.5 Å². The van der Waals surface area contributed by atoms with E-state index in [0.717, 1.165) is 54.8 Å². The molecule has 176 valence electrons. The third-order valence-corrected chi connectivity index (χ3v) is 5.85. The highest BCUT2D eigenvalue weighted by Gasteiger charge is 2.19. The van der Waals surface area contributed by atoms with Crippen LogP contribution >= 0.6 is 0 Å². The molecule has 1 fully saturated rings. The van der Waals surface area contributed by atoms with Crippen LogP contribution in [0.5, 0.6) is 0 Å². The van der Waals surface area contributed by atoms with Gasteiger partial charge in [0.05, 0.1) is 6.20 Å². The molecule has 33 heavy (non-hydrogen) atoms. The number of hydrogen-bond acceptors (Lipinski definition) is 7. The maximum absolute atomic E-state index is 11.0. The molecule has 3 aromatic rings. The van der Waals surface area contributed by atoms with Crippen molar-refractivity contribution in [3.8, 4) is 0 Å². The van der Waals surface area contributed by atoms with E-state index in [-0.39, 0.29) is 12.0 Å². The number of carboxylic acid groups (broad SMARTS) is 1. The highest BCUT2D eigenvalue weighted by Crippen LogP contribution is 2.24. The smallest absolute Gasteiger partial charge is 0.409 e. The molecule has 1 amide bonds. The Kier molecular flexibility index (Phi) is 6.93. The number of aryl methyl sites for hydroxylation is 1. The van der Waals surface area contributed by atoms with Crippen molar-refractivity contribution in [2.75, 3.05) is 29.2 Å². The van der Waals surface area contributed by atoms with Crippen LogP contribution in [0.3, 0.4) is 0 Å². The Balaban J connectivity index is 1.64. The lowest BCUT2D eigenvalue weighted by Gasteiger charge is -2.23. The summed E-state index contributed by atoms with van der Waals surface area (Å²) in [5, 5.41) is 22.9. The molecule has 3 heterocycles. The Morgan fingerprint density at radius 1 is 1.24 bits per heavy atom. The molecule has 10 heteroatoms. The molecule has 1 saturated heterocycles. The number of nitrogens with zero attached hydrogens (tertiary/aromatic N) is 4. The second-order valence-corrected chi connectivity index (χ2v) is 8.51. The lowest BCUT2D eigenvalue weighted by molar-refractivity contribution is 0.0903. The molecule has 4 N–H and O–H groups in total. The second-order valence-electron chi connectivity index (χ2n) is 8.51. The van der Waals surface area contributed by atoms with Gasteiger partial charge in [-0.15, -0.1) is 0 Å². The van der Waals surface area contributed by atoms with Crippen LogP contribution in [-0.2, 0) is 17.7 Å². The number of rotatable bonds is 8. The molecular formula is C23H31N7O3. The SMILES string of the molecule is CCc1ccc(NC(=O)O)cc1CNc1nc(NC2CCOCC2)nc2c(C(C)C)cnn12. The van der Waals surface area contributed by atoms with Crippen LogP contribution in [0.4, 0.5) is 22.4 Å². The minimum atomic E-state index is -1.09. The average Bonchev–Trinajstić information content (AvgIpc) is 3.22. The standard InChI is InChI=1S/C23H31N7O3/c1-4-15-5-6-18(27-23(31)32)11-16(15)12-24-22-29-21(26-17-7-9-33-10-8-17)28-20-19(14(2)3)13-25-30(20)22/h5-6,11,13-14,17,27H,4,7-10,12H2,1-3H3,(H,31,32)(H2,24,26,28,29). The number of benzene rings is 1. The predicted molar refractivity (Wildman–Crippen MR) is 127 cm³/mol. The fraction of sp³-hybridized carbons (Fsp3) is 0.478. The molecule has 0 radical (unpaired) electrons. The molecule has 2 aromatic heterocycles. The molecule has 1 aliphatic heterocycles. The van der Waals surface area contributed by atoms with Crippen molar-refractivity contribution in [3.05, 3.63) is 41.1 Å². The van der Waals surface area contributed by atoms with E-state index < -0.39 is 6.09 Å². The summed E-state index contributed by atoms with van der Waals surface area (Å²) in [6, 6.07) is 5.84. The summed E-state index contributed by atoms with van der Waals surface area (Å²) in [6.07, 6.45) is 3.41. The summed E-state index contributed by atoms with van der Waals surface area (Å²) in [5.74, 6) is 1.42. The number of amides is 1. The van der Waals surface area contributed by atoms with E-state index in [1.807, 2.05) is 18.3 Å². The van der Waals surface area contributed by atoms with Crippen molar-refractivity contribution in [2.24, 2.45) is 0 Å². The van der Waals surface area contributed by atoms with Gasteiger partial charge in [-0.25, -0.2) is 4.79 Å². The van der Waals surface area contributed by atoms with Gasteiger partial charge in [-0.3, -0.25) is 5.32 Å². The van der Waals surface area contributed by atoms with Crippen molar-refractivity contribution in [1.82, 2.24) is 19.6 Å². The van der Waals surface area contributed by atoms with Gasteiger partial charge in [-0.2, -0.15) is 19.6 Å². The van der Waals surface area contributed by atoms with E-state index in [0.29, 0.717) is 24.1 Å². The number of fused-ring (bicyclic) bond motifs is 1. The third-order valence-electron chi connectivity index (χ3n) is 5.85. The number of ether oxygens (including phenoxy) is 1. The van der Waals surface area contributed by atoms with Gasteiger partial charge in [-0.1, -0.05) is 26.8 Å². The lowest BCUT2D eigenvalue weighted by atomic mass is 10.0. The van der Waals surface area contributed by atoms with E-state index in [1.54, 1.807) is 10.6 Å². The highest BCUT2D eigenvalue weighted by atomic mass is 16.5. The Bertz CT molecular complexity index is 1120. The zero-order chi connectivity index (χ0) is 23.4. The minimum absolute atomic E-state index is 0.268. The molecule has 0 spiro atoms. The first kappa shape index (κ1) is 22.8. The Morgan fingerprint density at radius 3 is 2.73 bits per heavy atom. The Labute approximate surface area is 192 Å². The Hall–Kier alpha value is -3.40. The van der Waals surface area contributed by atoms with Gasteiger partial charge in [0.1, 0.15) is 0 Å². The topological polar surface area (TPSA) is 126 Å². The number of carbonyl (C=O) groups is 1. The molecule has 1 aliphatic rings. The predicted octanol–water partition coefficient (Wildman–Crippen LogP) is 4.10. The van der Waals surface area contributed by atoms with E-state index in [4.69, 9.17) is 19.8 Å². The van der Waals surface area contributed by atoms with Crippen LogP contribution < -0.4 is 16.0 Å². The average molecular weight is 454 g/mol. The van der Waals surface area contributed by atoms with Crippen molar-refractivity contribution in [1.29, 1.82) is 0 Å². The zero-order valence-electron chi connectivity index (χ0n) is 19.3. The first-order chi connectivity index (χ1) is 15.9. The minimum Gasteiger partial charge on any atom is -0.465 e. The van der Waals surface area contributed by atoms with E-state index in [9.17, 15) is 4.79 Å². The van der Waals surface area contributed by atoms with Crippen molar-refractivity contribution < 1.29 is 14.6 Å². The number of hydrogen-bond donors (Lipinski definition) is 4. The fourth-order valence-electron chi connectivity index (χ4n) is 4.02. The summed E-state index contributed by atoms with van der Waals surface area (Å²) in [7, 11) is 0. The number of anilines is 3. The van der Waals surface area contributed by atoms with E-state index >= 15 is 0 Å². The van der Waals surface area contributed by atoms with E-state index in [1.165, 1.54) is 0 Å². The fourth-order valence-corrected chi connectivity index (χ4v) is 4.02. The van der Waals surface area contributed by atoms with Crippen molar-refractivity contribution in [3.63, 3.8) is 0 Å². The largest absolute Gasteiger partial charge is 0.465 e. The summed E-state index contributed by atoms with van der Waals surface area (Å²) in [5.41, 5.74) is 4.48. The molecule has 0 atom stereocenters. The quantitative estimate of drug-likeness (QED) is 0.402. The number of aromatic nitrogens is 4. The maximum Gasteiger partial charge on any atom is 0.409 e. The van der Waals surface area contributed by atoms with Crippen LogP contribution in [0.1, 0.15) is 56.2 Å². The summed E-state index contributed by atoms with van der Waals surface area (Å²) in [4.78, 5) is 20.5. The molecule has 4 rings (SSSR count). The van der Waals surface area contributed by atoms with Gasteiger partial charge in [0.2, 0.25) is 11.9 Å². The lowest BCUT2D eigenvalue weighted by Crippen LogP contribution is -2.29. The Morgan fingerprint density at radius 2 is 2.03 bits per heavy atom. The van der Waals surface area contributed by atoms with Gasteiger partial charge in [0, 0.05) is 37.1 Å². The second kappa shape index (κ2) is 10.0. The first-order valence-corrected chi connectivity index (χ1v) is 11.4. The molecule has 1 aromatic carbocycles. The monoisotopic (exact) mass is 453 g/mol. The van der Waals surface area contributed by atoms with Gasteiger partial charge >= 0.3 is 6.09 Å². The van der Waals surface area contributed by atoms with Crippen LogP contribution in [-0.4, -0.2) is 50.0 Å². The molecule has 0 saturated carbocycles. The van der Waals surface area contributed by atoms with Crippen LogP contribution in [0.25, 0.3) is 5.65 Å². The van der Waals surface area contributed by atoms with Crippen LogP contribution in [0.15, 0.2) is 24.4 Å². The summed E-state index contributed by atoms with van der Waals surface area (Å²) >= 11 is 0. The molecule has 0 aliphatic carbocycles. The highest BCUT2D eigenvalue weighted by molar-refractivity contribution is 5.83. The maximum atomic E-state index is 11.0. The van der Waals surface area contributed by atoms with Gasteiger partial charge in [0.15, 0.2) is 5.65 Å². The molecule has 10 nitrogen and oxygen atoms in total. The van der Waals surface area contributed by atoms with Gasteiger partial charge in [-0.05, 0) is 48.4 Å². The molecule has 0 bridgehead atoms. The van der Waals surface area contributed by atoms with E-state index in [2.05, 4.69) is 41.8 Å². The first-order valence-electron chi connectivity index (χ1n) is 11.4. The normalized spacial score (nSPS) is 14.5. The van der Waals surface area contributed by atoms with Crippen LogP contribution in [0, 0.1) is 0 Å². The van der Waals surface area contributed by atoms with Crippen LogP contribution in [0.2, 0.25) is 0 Å². The summed E-state index contributed by atoms with van der Waals surface area (Å²) in [6.45, 7) is 8.24. The number of nitrogens with one attached hydrogen (secondary N) is 3. The zero-order valence-corrected chi connectivity index (χ0v) is 19.3. The molecule has 0 unspecified atom stereocenters. The summed E-state index contributed by atoms with van der Waals surface area (Å²) < 4.78 is 7.20. The van der Waals surface area contributed by atoms with Gasteiger partial charge < -0.3 is 20.5 Å². The third kappa shape index (κ3) is 5.33.